The molecule has 6 heteroatoms. The molecular weight excluding hydrogens is 322 g/mol. The monoisotopic (exact) mass is 343 g/mol. The summed E-state index contributed by atoms with van der Waals surface area (Å²) in [5, 5.41) is 25.9. The molecule has 0 spiro atoms. The number of anilines is 1. The van der Waals surface area contributed by atoms with Crippen LogP contribution in [-0.2, 0) is 5.41 Å². The minimum atomic E-state index is -0.563. The third kappa shape index (κ3) is 4.57. The Balaban J connectivity index is 2.00. The van der Waals surface area contributed by atoms with Crippen LogP contribution in [0.3, 0.4) is 0 Å². The van der Waals surface area contributed by atoms with Gasteiger partial charge in [-0.3, -0.25) is 0 Å². The second-order valence-electron chi connectivity index (χ2n) is 5.99. The van der Waals surface area contributed by atoms with Gasteiger partial charge in [-0.2, -0.15) is 5.26 Å². The highest BCUT2D eigenvalue weighted by Crippen LogP contribution is 2.24. The Labute approximate surface area is 145 Å². The number of thiophene rings is 1. The molecule has 2 amide bonds. The van der Waals surface area contributed by atoms with Gasteiger partial charge in [0.05, 0.1) is 17.5 Å². The number of nitrogens with zero attached hydrogens (tertiary/aromatic N) is 1. The summed E-state index contributed by atoms with van der Waals surface area (Å²) in [5.41, 5.74) is 0.984. The molecule has 24 heavy (non-hydrogen) atoms. The van der Waals surface area contributed by atoms with E-state index in [2.05, 4.69) is 16.7 Å². The van der Waals surface area contributed by atoms with Gasteiger partial charge in [0.15, 0.2) is 0 Å². The predicted octanol–water partition coefficient (Wildman–Crippen LogP) is 3.79. The Kier molecular flexibility index (Phi) is 5.96. The summed E-state index contributed by atoms with van der Waals surface area (Å²) < 4.78 is 0. The van der Waals surface area contributed by atoms with Crippen LogP contribution in [0.15, 0.2) is 41.8 Å². The summed E-state index contributed by atoms with van der Waals surface area (Å²) in [6.07, 6.45) is 0.462. The lowest BCUT2D eigenvalue weighted by Gasteiger charge is -2.18. The zero-order chi connectivity index (χ0) is 17.6. The molecule has 1 aromatic carbocycles. The molecule has 0 aliphatic heterocycles. The average Bonchev–Trinajstić information content (AvgIpc) is 3.09. The minimum Gasteiger partial charge on any atom is -0.396 e. The number of urea groups is 1. The highest BCUT2D eigenvalue weighted by molar-refractivity contribution is 7.10. The molecule has 0 fully saturated rings. The summed E-state index contributed by atoms with van der Waals surface area (Å²) in [7, 11) is 0. The van der Waals surface area contributed by atoms with E-state index >= 15 is 0 Å². The van der Waals surface area contributed by atoms with Gasteiger partial charge in [-0.1, -0.05) is 18.2 Å². The molecule has 3 N–H and O–H groups in total. The number of hydrogen-bond acceptors (Lipinski definition) is 4. The van der Waals surface area contributed by atoms with Crippen LogP contribution in [0.5, 0.6) is 0 Å². The average molecular weight is 343 g/mol. The molecule has 2 aromatic rings. The van der Waals surface area contributed by atoms with E-state index in [0.29, 0.717) is 12.1 Å². The van der Waals surface area contributed by atoms with Gasteiger partial charge in [-0.15, -0.1) is 11.3 Å². The van der Waals surface area contributed by atoms with Crippen molar-refractivity contribution in [3.05, 3.63) is 52.2 Å². The van der Waals surface area contributed by atoms with Crippen LogP contribution >= 0.6 is 11.3 Å². The quantitative estimate of drug-likeness (QED) is 0.746. The first kappa shape index (κ1) is 18.0. The number of nitriles is 1. The summed E-state index contributed by atoms with van der Waals surface area (Å²) in [6, 6.07) is 12.8. The molecule has 5 nitrogen and oxygen atoms in total. The van der Waals surface area contributed by atoms with Gasteiger partial charge in [0, 0.05) is 17.2 Å². The van der Waals surface area contributed by atoms with Crippen molar-refractivity contribution in [2.75, 3.05) is 11.9 Å². The number of carbonyl (C=O) groups excluding carboxylic acids is 1. The Morgan fingerprint density at radius 1 is 1.33 bits per heavy atom. The second kappa shape index (κ2) is 7.95. The number of benzene rings is 1. The maximum atomic E-state index is 12.2. The van der Waals surface area contributed by atoms with Crippen molar-refractivity contribution in [2.24, 2.45) is 0 Å². The maximum absolute atomic E-state index is 12.2. The van der Waals surface area contributed by atoms with E-state index in [1.807, 2.05) is 43.5 Å². The topological polar surface area (TPSA) is 85.2 Å². The largest absolute Gasteiger partial charge is 0.396 e. The van der Waals surface area contributed by atoms with Crippen molar-refractivity contribution in [3.8, 4) is 6.07 Å². The molecule has 1 heterocycles. The molecule has 0 aliphatic rings. The van der Waals surface area contributed by atoms with Gasteiger partial charge in [0.1, 0.15) is 0 Å². The first-order valence-corrected chi connectivity index (χ1v) is 8.58. The summed E-state index contributed by atoms with van der Waals surface area (Å²) >= 11 is 1.54. The second-order valence-corrected chi connectivity index (χ2v) is 6.97. The SMILES string of the molecule is CC(C)(C#N)c1ccc(NC(=O)N[C@@H](CCO)c2cccs2)cc1. The Morgan fingerprint density at radius 3 is 2.58 bits per heavy atom. The third-order valence-electron chi connectivity index (χ3n) is 3.75. The molecule has 1 aromatic heterocycles. The molecule has 0 radical (unpaired) electrons. The van der Waals surface area contributed by atoms with Crippen LogP contribution in [0.25, 0.3) is 0 Å². The molecule has 0 bridgehead atoms. The van der Waals surface area contributed by atoms with Gasteiger partial charge >= 0.3 is 6.03 Å². The lowest BCUT2D eigenvalue weighted by atomic mass is 9.86. The first-order valence-electron chi connectivity index (χ1n) is 7.70. The van der Waals surface area contributed by atoms with E-state index in [-0.39, 0.29) is 18.7 Å². The van der Waals surface area contributed by atoms with E-state index in [1.165, 1.54) is 0 Å². The van der Waals surface area contributed by atoms with Gasteiger partial charge in [-0.25, -0.2) is 4.79 Å². The Hall–Kier alpha value is -2.36. The molecular formula is C18H21N3O2S. The number of aliphatic hydroxyl groups is 1. The first-order chi connectivity index (χ1) is 11.5. The van der Waals surface area contributed by atoms with Crippen molar-refractivity contribution >= 4 is 23.1 Å². The fourth-order valence-electron chi connectivity index (χ4n) is 2.26. The van der Waals surface area contributed by atoms with E-state index in [1.54, 1.807) is 23.5 Å². The zero-order valence-corrected chi connectivity index (χ0v) is 14.6. The minimum absolute atomic E-state index is 0.000780. The van der Waals surface area contributed by atoms with Crippen molar-refractivity contribution in [3.63, 3.8) is 0 Å². The van der Waals surface area contributed by atoms with E-state index in [0.717, 1.165) is 10.4 Å². The molecule has 0 aliphatic carbocycles. The predicted molar refractivity (Wildman–Crippen MR) is 96.0 cm³/mol. The Bertz CT molecular complexity index is 703. The smallest absolute Gasteiger partial charge is 0.319 e. The van der Waals surface area contributed by atoms with Crippen LogP contribution in [0.4, 0.5) is 10.5 Å². The normalized spacial score (nSPS) is 12.2. The zero-order valence-electron chi connectivity index (χ0n) is 13.7. The number of nitrogens with one attached hydrogen (secondary N) is 2. The van der Waals surface area contributed by atoms with Gasteiger partial charge in [0.25, 0.3) is 0 Å². The van der Waals surface area contributed by atoms with Crippen LogP contribution in [0.2, 0.25) is 0 Å². The van der Waals surface area contributed by atoms with E-state index in [9.17, 15) is 9.90 Å². The molecule has 126 valence electrons. The van der Waals surface area contributed by atoms with Gasteiger partial charge in [-0.05, 0) is 49.4 Å². The van der Waals surface area contributed by atoms with Crippen LogP contribution in [0, 0.1) is 11.3 Å². The fourth-order valence-corrected chi connectivity index (χ4v) is 3.08. The number of aliphatic hydroxyl groups excluding tert-OH is 1. The van der Waals surface area contributed by atoms with Crippen LogP contribution in [-0.4, -0.2) is 17.7 Å². The Morgan fingerprint density at radius 2 is 2.04 bits per heavy atom. The number of amides is 2. The molecule has 0 unspecified atom stereocenters. The number of hydrogen-bond donors (Lipinski definition) is 3. The molecule has 2 rings (SSSR count). The lowest BCUT2D eigenvalue weighted by Crippen LogP contribution is -2.32. The van der Waals surface area contributed by atoms with Crippen molar-refractivity contribution in [1.82, 2.24) is 5.32 Å². The van der Waals surface area contributed by atoms with Crippen LogP contribution in [0.1, 0.15) is 36.8 Å². The molecule has 0 saturated heterocycles. The van der Waals surface area contributed by atoms with Crippen LogP contribution < -0.4 is 10.6 Å². The van der Waals surface area contributed by atoms with Gasteiger partial charge in [0.2, 0.25) is 0 Å². The molecule has 1 atom stereocenters. The number of carbonyl (C=O) groups is 1. The van der Waals surface area contributed by atoms with E-state index in [4.69, 9.17) is 5.26 Å². The standard InChI is InChI=1S/C18H21N3O2S/c1-18(2,12-19)13-5-7-14(8-6-13)20-17(23)21-15(9-10-22)16-4-3-11-24-16/h3-8,11,15,22H,9-10H2,1-2H3,(H2,20,21,23)/t15-/m0/s1. The summed E-state index contributed by atoms with van der Waals surface area (Å²) in [6.45, 7) is 3.70. The van der Waals surface area contributed by atoms with Gasteiger partial charge < -0.3 is 15.7 Å². The number of rotatable bonds is 6. The molecule has 0 saturated carbocycles. The van der Waals surface area contributed by atoms with E-state index < -0.39 is 5.41 Å². The maximum Gasteiger partial charge on any atom is 0.319 e. The van der Waals surface area contributed by atoms with Crippen molar-refractivity contribution in [2.45, 2.75) is 31.7 Å². The highest BCUT2D eigenvalue weighted by atomic mass is 32.1. The summed E-state index contributed by atoms with van der Waals surface area (Å²) in [5.74, 6) is 0. The van der Waals surface area contributed by atoms with Crippen molar-refractivity contribution < 1.29 is 9.90 Å². The van der Waals surface area contributed by atoms with Crippen molar-refractivity contribution in [1.29, 1.82) is 5.26 Å². The summed E-state index contributed by atoms with van der Waals surface area (Å²) in [4.78, 5) is 13.2. The highest BCUT2D eigenvalue weighted by Gasteiger charge is 2.19. The third-order valence-corrected chi connectivity index (χ3v) is 4.74. The lowest BCUT2D eigenvalue weighted by molar-refractivity contribution is 0.239. The fraction of sp³-hybridized carbons (Fsp3) is 0.333.